The van der Waals surface area contributed by atoms with Crippen molar-refractivity contribution < 1.29 is 0 Å². The number of hydrogen-bond acceptors (Lipinski definition) is 6. The molecule has 204 valence electrons. The Morgan fingerprint density at radius 1 is 0.850 bits per heavy atom. The summed E-state index contributed by atoms with van der Waals surface area (Å²) >= 11 is 6.18. The lowest BCUT2D eigenvalue weighted by Crippen LogP contribution is -2.47. The third-order valence-corrected chi connectivity index (χ3v) is 8.05. The minimum atomic E-state index is 0.693. The van der Waals surface area contributed by atoms with Crippen LogP contribution in [0.3, 0.4) is 0 Å². The van der Waals surface area contributed by atoms with Gasteiger partial charge in [-0.25, -0.2) is 15.0 Å². The van der Waals surface area contributed by atoms with Gasteiger partial charge in [0.1, 0.15) is 12.2 Å². The molecule has 0 saturated carbocycles. The standard InChI is InChI=1S/C32H34ClN7/c1-23-8-6-11-28(24(23)2)39-20-18-38(19-21-39)17-7-16-34-30-29-32(36-22-35-30)40(27-14-12-26(33)13-15-27)31(37-29)25-9-4-3-5-10-25/h3-6,8-15,22H,7,16-21H2,1-2H3,(H,34,35,36). The molecule has 7 nitrogen and oxygen atoms in total. The zero-order valence-electron chi connectivity index (χ0n) is 23.0. The molecule has 0 bridgehead atoms. The van der Waals surface area contributed by atoms with Crippen LogP contribution in [-0.4, -0.2) is 63.7 Å². The van der Waals surface area contributed by atoms with Crippen molar-refractivity contribution in [3.8, 4) is 17.1 Å². The van der Waals surface area contributed by atoms with Gasteiger partial charge in [0, 0.05) is 54.7 Å². The predicted molar refractivity (Wildman–Crippen MR) is 165 cm³/mol. The van der Waals surface area contributed by atoms with Crippen LogP contribution in [0.1, 0.15) is 17.5 Å². The molecule has 6 rings (SSSR count). The van der Waals surface area contributed by atoms with Crippen molar-refractivity contribution in [2.24, 2.45) is 0 Å². The van der Waals surface area contributed by atoms with Crippen LogP contribution >= 0.6 is 11.6 Å². The van der Waals surface area contributed by atoms with Gasteiger partial charge in [0.15, 0.2) is 17.0 Å². The molecule has 8 heteroatoms. The normalized spacial score (nSPS) is 14.1. The van der Waals surface area contributed by atoms with Crippen LogP contribution < -0.4 is 10.2 Å². The molecular formula is C32H34ClN7. The first-order chi connectivity index (χ1) is 19.6. The van der Waals surface area contributed by atoms with Gasteiger partial charge >= 0.3 is 0 Å². The Balaban J connectivity index is 1.14. The molecule has 2 aromatic heterocycles. The van der Waals surface area contributed by atoms with Gasteiger partial charge in [-0.2, -0.15) is 0 Å². The quantitative estimate of drug-likeness (QED) is 0.226. The second kappa shape index (κ2) is 11.7. The maximum Gasteiger partial charge on any atom is 0.170 e. The second-order valence-corrected chi connectivity index (χ2v) is 10.8. The third kappa shape index (κ3) is 5.40. The zero-order chi connectivity index (χ0) is 27.5. The maximum absolute atomic E-state index is 6.18. The van der Waals surface area contributed by atoms with Crippen LogP contribution in [0.4, 0.5) is 11.5 Å². The lowest BCUT2D eigenvalue weighted by molar-refractivity contribution is 0.257. The van der Waals surface area contributed by atoms with E-state index in [0.29, 0.717) is 5.02 Å². The molecule has 0 spiro atoms. The molecule has 0 unspecified atom stereocenters. The Bertz CT molecular complexity index is 1590. The van der Waals surface area contributed by atoms with Gasteiger partial charge < -0.3 is 10.2 Å². The molecule has 0 atom stereocenters. The van der Waals surface area contributed by atoms with E-state index < -0.39 is 0 Å². The first-order valence-corrected chi connectivity index (χ1v) is 14.3. The number of imidazole rings is 1. The summed E-state index contributed by atoms with van der Waals surface area (Å²) in [6.07, 6.45) is 2.64. The van der Waals surface area contributed by atoms with Gasteiger partial charge in [0.2, 0.25) is 0 Å². The van der Waals surface area contributed by atoms with E-state index in [0.717, 1.165) is 79.7 Å². The van der Waals surface area contributed by atoms with Crippen molar-refractivity contribution >= 4 is 34.3 Å². The molecule has 1 N–H and O–H groups in total. The minimum Gasteiger partial charge on any atom is -0.369 e. The monoisotopic (exact) mass is 551 g/mol. The van der Waals surface area contributed by atoms with E-state index in [2.05, 4.69) is 73.8 Å². The Kier molecular flexibility index (Phi) is 7.66. The molecule has 1 fully saturated rings. The second-order valence-electron chi connectivity index (χ2n) is 10.3. The number of nitrogens with zero attached hydrogens (tertiary/aromatic N) is 6. The molecule has 1 aliphatic heterocycles. The van der Waals surface area contributed by atoms with Crippen molar-refractivity contribution in [3.05, 3.63) is 95.3 Å². The summed E-state index contributed by atoms with van der Waals surface area (Å²) in [6, 6.07) is 24.6. The number of halogens is 1. The van der Waals surface area contributed by atoms with Crippen LogP contribution in [-0.2, 0) is 0 Å². The van der Waals surface area contributed by atoms with Gasteiger partial charge in [0.25, 0.3) is 0 Å². The summed E-state index contributed by atoms with van der Waals surface area (Å²) in [5.41, 5.74) is 7.63. The van der Waals surface area contributed by atoms with Gasteiger partial charge in [-0.1, -0.05) is 54.1 Å². The van der Waals surface area contributed by atoms with Crippen LogP contribution in [0, 0.1) is 13.8 Å². The summed E-state index contributed by atoms with van der Waals surface area (Å²) in [4.78, 5) is 19.3. The Morgan fingerprint density at radius 2 is 1.62 bits per heavy atom. The Labute approximate surface area is 240 Å². The molecule has 5 aromatic rings. The highest BCUT2D eigenvalue weighted by Gasteiger charge is 2.20. The molecule has 0 radical (unpaired) electrons. The summed E-state index contributed by atoms with van der Waals surface area (Å²) in [5, 5.41) is 4.24. The smallest absolute Gasteiger partial charge is 0.170 e. The van der Waals surface area contributed by atoms with E-state index in [1.54, 1.807) is 6.33 Å². The van der Waals surface area contributed by atoms with Crippen LogP contribution in [0.2, 0.25) is 5.02 Å². The number of nitrogens with one attached hydrogen (secondary N) is 1. The van der Waals surface area contributed by atoms with E-state index >= 15 is 0 Å². The van der Waals surface area contributed by atoms with Crippen LogP contribution in [0.15, 0.2) is 79.1 Å². The number of fused-ring (bicyclic) bond motifs is 1. The summed E-state index contributed by atoms with van der Waals surface area (Å²) in [7, 11) is 0. The molecule has 3 aromatic carbocycles. The van der Waals surface area contributed by atoms with Crippen molar-refractivity contribution in [1.82, 2.24) is 24.4 Å². The molecule has 0 aliphatic carbocycles. The predicted octanol–water partition coefficient (Wildman–Crippen LogP) is 6.38. The highest BCUT2D eigenvalue weighted by Crippen LogP contribution is 2.30. The minimum absolute atomic E-state index is 0.693. The zero-order valence-corrected chi connectivity index (χ0v) is 23.8. The number of benzene rings is 3. The Morgan fingerprint density at radius 3 is 2.40 bits per heavy atom. The summed E-state index contributed by atoms with van der Waals surface area (Å²) in [5.74, 6) is 1.58. The topological polar surface area (TPSA) is 62.1 Å². The fraction of sp³-hybridized carbons (Fsp3) is 0.281. The average Bonchev–Trinajstić information content (AvgIpc) is 3.38. The van der Waals surface area contributed by atoms with E-state index in [4.69, 9.17) is 16.6 Å². The Hall–Kier alpha value is -3.94. The fourth-order valence-corrected chi connectivity index (χ4v) is 5.56. The van der Waals surface area contributed by atoms with Crippen LogP contribution in [0.5, 0.6) is 0 Å². The number of aryl methyl sites for hydroxylation is 1. The van der Waals surface area contributed by atoms with Gasteiger partial charge in [0.05, 0.1) is 0 Å². The van der Waals surface area contributed by atoms with E-state index in [9.17, 15) is 0 Å². The van der Waals surface area contributed by atoms with E-state index in [1.165, 1.54) is 16.8 Å². The van der Waals surface area contributed by atoms with Crippen molar-refractivity contribution in [3.63, 3.8) is 0 Å². The molecule has 1 aliphatic rings. The van der Waals surface area contributed by atoms with Gasteiger partial charge in [-0.3, -0.25) is 9.47 Å². The van der Waals surface area contributed by atoms with Gasteiger partial charge in [-0.15, -0.1) is 0 Å². The largest absolute Gasteiger partial charge is 0.369 e. The molecular weight excluding hydrogens is 518 g/mol. The van der Waals surface area contributed by atoms with Crippen molar-refractivity contribution in [2.45, 2.75) is 20.3 Å². The molecule has 40 heavy (non-hydrogen) atoms. The van der Waals surface area contributed by atoms with Crippen molar-refractivity contribution in [2.75, 3.05) is 49.5 Å². The SMILES string of the molecule is Cc1cccc(N2CCN(CCCNc3ncnc4c3nc(-c3ccccc3)n4-c3ccc(Cl)cc3)CC2)c1C. The summed E-state index contributed by atoms with van der Waals surface area (Å²) in [6.45, 7) is 10.6. The van der Waals surface area contributed by atoms with Gasteiger partial charge in [-0.05, 0) is 68.3 Å². The number of piperazine rings is 1. The number of anilines is 2. The molecule has 3 heterocycles. The molecule has 0 amide bonds. The van der Waals surface area contributed by atoms with E-state index in [-0.39, 0.29) is 0 Å². The molecule has 1 saturated heterocycles. The van der Waals surface area contributed by atoms with E-state index in [1.807, 2.05) is 42.5 Å². The first-order valence-electron chi connectivity index (χ1n) is 13.9. The fourth-order valence-electron chi connectivity index (χ4n) is 5.44. The number of aromatic nitrogens is 4. The summed E-state index contributed by atoms with van der Waals surface area (Å²) < 4.78 is 2.07. The maximum atomic E-state index is 6.18. The highest BCUT2D eigenvalue weighted by atomic mass is 35.5. The number of hydrogen-bond donors (Lipinski definition) is 1. The lowest BCUT2D eigenvalue weighted by atomic mass is 10.1. The number of rotatable bonds is 8. The lowest BCUT2D eigenvalue weighted by Gasteiger charge is -2.37. The highest BCUT2D eigenvalue weighted by molar-refractivity contribution is 6.30. The van der Waals surface area contributed by atoms with Crippen LogP contribution in [0.25, 0.3) is 28.2 Å². The third-order valence-electron chi connectivity index (χ3n) is 7.79. The van der Waals surface area contributed by atoms with Crippen molar-refractivity contribution in [1.29, 1.82) is 0 Å². The average molecular weight is 552 g/mol. The first kappa shape index (κ1) is 26.3.